The van der Waals surface area contributed by atoms with Crippen molar-refractivity contribution in [1.82, 2.24) is 4.90 Å². The van der Waals surface area contributed by atoms with Gasteiger partial charge < -0.3 is 15.4 Å². The topological polar surface area (TPSA) is 55.6 Å². The van der Waals surface area contributed by atoms with E-state index < -0.39 is 6.04 Å². The first-order valence-corrected chi connectivity index (χ1v) is 8.06. The van der Waals surface area contributed by atoms with Crippen LogP contribution in [0.25, 0.3) is 0 Å². The van der Waals surface area contributed by atoms with Crippen LogP contribution in [0.2, 0.25) is 0 Å². The van der Waals surface area contributed by atoms with Crippen molar-refractivity contribution in [2.24, 2.45) is 11.7 Å². The zero-order chi connectivity index (χ0) is 13.8. The molecule has 1 aromatic rings. The molecule has 1 aromatic heterocycles. The van der Waals surface area contributed by atoms with E-state index in [2.05, 4.69) is 15.9 Å². The van der Waals surface area contributed by atoms with Crippen LogP contribution in [-0.2, 0) is 16.1 Å². The highest BCUT2D eigenvalue weighted by Gasteiger charge is 2.28. The second-order valence-electron chi connectivity index (χ2n) is 4.90. The van der Waals surface area contributed by atoms with Crippen LogP contribution in [-0.4, -0.2) is 37.1 Å². The molecule has 1 aliphatic rings. The average molecular weight is 347 g/mol. The van der Waals surface area contributed by atoms with E-state index in [-0.39, 0.29) is 11.8 Å². The second-order valence-corrected chi connectivity index (χ2v) is 6.81. The molecule has 1 amide bonds. The maximum atomic E-state index is 12.3. The molecule has 2 rings (SSSR count). The number of thiophene rings is 1. The molecule has 1 atom stereocenters. The van der Waals surface area contributed by atoms with E-state index in [4.69, 9.17) is 10.5 Å². The first-order valence-electron chi connectivity index (χ1n) is 6.39. The van der Waals surface area contributed by atoms with Gasteiger partial charge in [-0.15, -0.1) is 11.3 Å². The molecule has 1 saturated heterocycles. The Bertz CT molecular complexity index is 432. The molecule has 1 unspecified atom stereocenters. The Hall–Kier alpha value is -0.430. The van der Waals surface area contributed by atoms with Gasteiger partial charge in [0.1, 0.15) is 0 Å². The van der Waals surface area contributed by atoms with Gasteiger partial charge in [0.25, 0.3) is 0 Å². The molecule has 0 saturated carbocycles. The first-order chi connectivity index (χ1) is 9.08. The third kappa shape index (κ3) is 4.02. The number of ether oxygens (including phenoxy) is 1. The average Bonchev–Trinajstić information content (AvgIpc) is 2.83. The van der Waals surface area contributed by atoms with E-state index in [0.29, 0.717) is 19.8 Å². The highest BCUT2D eigenvalue weighted by Crippen LogP contribution is 2.22. The zero-order valence-corrected chi connectivity index (χ0v) is 13.4. The number of carbonyl (C=O) groups is 1. The number of hydrogen-bond acceptors (Lipinski definition) is 4. The van der Waals surface area contributed by atoms with Gasteiger partial charge >= 0.3 is 0 Å². The number of nitrogens with two attached hydrogens (primary N) is 1. The predicted molar refractivity (Wildman–Crippen MR) is 80.0 cm³/mol. The minimum absolute atomic E-state index is 0.0245. The van der Waals surface area contributed by atoms with Crippen LogP contribution in [0.15, 0.2) is 15.9 Å². The quantitative estimate of drug-likeness (QED) is 0.909. The van der Waals surface area contributed by atoms with Gasteiger partial charge in [-0.25, -0.2) is 0 Å². The SMILES string of the molecule is CN(Cc1cc(Br)cs1)C(=O)C(N)C1CCOCC1. The fourth-order valence-electron chi connectivity index (χ4n) is 2.28. The summed E-state index contributed by atoms with van der Waals surface area (Å²) in [5.74, 6) is 0.273. The predicted octanol–water partition coefficient (Wildman–Crippen LogP) is 2.22. The van der Waals surface area contributed by atoms with Crippen molar-refractivity contribution in [3.8, 4) is 0 Å². The number of rotatable bonds is 4. The minimum atomic E-state index is -0.405. The van der Waals surface area contributed by atoms with Crippen LogP contribution in [0.4, 0.5) is 0 Å². The Morgan fingerprint density at radius 1 is 1.63 bits per heavy atom. The lowest BCUT2D eigenvalue weighted by Crippen LogP contribution is -2.47. The second kappa shape index (κ2) is 6.83. The number of hydrogen-bond donors (Lipinski definition) is 1. The van der Waals surface area contributed by atoms with Crippen LogP contribution in [0.5, 0.6) is 0 Å². The van der Waals surface area contributed by atoms with E-state index in [1.165, 1.54) is 0 Å². The number of carbonyl (C=O) groups excluding carboxylic acids is 1. The maximum absolute atomic E-state index is 12.3. The van der Waals surface area contributed by atoms with Crippen LogP contribution < -0.4 is 5.73 Å². The lowest BCUT2D eigenvalue weighted by molar-refractivity contribution is -0.133. The van der Waals surface area contributed by atoms with E-state index in [1.807, 2.05) is 18.5 Å². The highest BCUT2D eigenvalue weighted by atomic mass is 79.9. The summed E-state index contributed by atoms with van der Waals surface area (Å²) in [7, 11) is 1.81. The van der Waals surface area contributed by atoms with Crippen molar-refractivity contribution in [2.75, 3.05) is 20.3 Å². The van der Waals surface area contributed by atoms with Gasteiger partial charge in [-0.1, -0.05) is 0 Å². The largest absolute Gasteiger partial charge is 0.381 e. The molecule has 4 nitrogen and oxygen atoms in total. The summed E-state index contributed by atoms with van der Waals surface area (Å²) < 4.78 is 6.36. The molecule has 0 aromatic carbocycles. The van der Waals surface area contributed by atoms with E-state index in [1.54, 1.807) is 16.2 Å². The van der Waals surface area contributed by atoms with Crippen LogP contribution in [0.3, 0.4) is 0 Å². The standard InChI is InChI=1S/C13H19BrN2O2S/c1-16(7-11-6-10(14)8-19-11)13(17)12(15)9-2-4-18-5-3-9/h6,8-9,12H,2-5,7,15H2,1H3. The Kier molecular flexibility index (Phi) is 5.38. The van der Waals surface area contributed by atoms with Gasteiger partial charge in [0.15, 0.2) is 0 Å². The van der Waals surface area contributed by atoms with Gasteiger partial charge in [0.2, 0.25) is 5.91 Å². The minimum Gasteiger partial charge on any atom is -0.381 e. The molecule has 6 heteroatoms. The molecule has 0 aliphatic carbocycles. The summed E-state index contributed by atoms with van der Waals surface area (Å²) in [5, 5.41) is 2.02. The van der Waals surface area contributed by atoms with E-state index in [0.717, 1.165) is 22.2 Å². The normalized spacial score (nSPS) is 18.3. The number of amides is 1. The van der Waals surface area contributed by atoms with Gasteiger partial charge in [-0.05, 0) is 40.8 Å². The highest BCUT2D eigenvalue weighted by molar-refractivity contribution is 9.10. The zero-order valence-electron chi connectivity index (χ0n) is 11.0. The Morgan fingerprint density at radius 2 is 2.32 bits per heavy atom. The molecule has 1 aliphatic heterocycles. The molecule has 0 bridgehead atoms. The molecule has 0 radical (unpaired) electrons. The molecular formula is C13H19BrN2O2S. The summed E-state index contributed by atoms with van der Waals surface area (Å²) in [6, 6.07) is 1.63. The Morgan fingerprint density at radius 3 is 2.89 bits per heavy atom. The molecule has 1 fully saturated rings. The molecule has 2 N–H and O–H groups in total. The molecule has 0 spiro atoms. The van der Waals surface area contributed by atoms with Crippen molar-refractivity contribution >= 4 is 33.2 Å². The van der Waals surface area contributed by atoms with Crippen LogP contribution in [0.1, 0.15) is 17.7 Å². The molecule has 19 heavy (non-hydrogen) atoms. The van der Waals surface area contributed by atoms with Gasteiger partial charge in [0.05, 0.1) is 12.6 Å². The lowest BCUT2D eigenvalue weighted by Gasteiger charge is -2.29. The fraction of sp³-hybridized carbons (Fsp3) is 0.615. The fourth-order valence-corrected chi connectivity index (χ4v) is 3.78. The lowest BCUT2D eigenvalue weighted by atomic mass is 9.91. The van der Waals surface area contributed by atoms with Crippen molar-refractivity contribution in [2.45, 2.75) is 25.4 Å². The summed E-state index contributed by atoms with van der Waals surface area (Å²) in [5.41, 5.74) is 6.10. The van der Waals surface area contributed by atoms with Crippen molar-refractivity contribution in [1.29, 1.82) is 0 Å². The summed E-state index contributed by atoms with van der Waals surface area (Å²) in [6.45, 7) is 2.05. The molecule has 106 valence electrons. The third-order valence-corrected chi connectivity index (χ3v) is 5.13. The van der Waals surface area contributed by atoms with Crippen molar-refractivity contribution in [3.05, 3.63) is 20.8 Å². The monoisotopic (exact) mass is 346 g/mol. The number of nitrogens with zero attached hydrogens (tertiary/aromatic N) is 1. The molecular weight excluding hydrogens is 328 g/mol. The van der Waals surface area contributed by atoms with Crippen LogP contribution >= 0.6 is 27.3 Å². The van der Waals surface area contributed by atoms with Crippen molar-refractivity contribution in [3.63, 3.8) is 0 Å². The Labute approximate surface area is 126 Å². The van der Waals surface area contributed by atoms with Gasteiger partial charge in [-0.3, -0.25) is 4.79 Å². The van der Waals surface area contributed by atoms with Crippen LogP contribution in [0, 0.1) is 5.92 Å². The molecule has 2 heterocycles. The smallest absolute Gasteiger partial charge is 0.239 e. The summed E-state index contributed by atoms with van der Waals surface area (Å²) >= 11 is 5.06. The van der Waals surface area contributed by atoms with Gasteiger partial charge in [0, 0.05) is 35.0 Å². The third-order valence-electron chi connectivity index (χ3n) is 3.45. The van der Waals surface area contributed by atoms with Gasteiger partial charge in [-0.2, -0.15) is 0 Å². The number of halogens is 1. The Balaban J connectivity index is 1.90. The summed E-state index contributed by atoms with van der Waals surface area (Å²) in [4.78, 5) is 15.2. The van der Waals surface area contributed by atoms with Crippen molar-refractivity contribution < 1.29 is 9.53 Å². The first kappa shape index (κ1) is 15.0. The van der Waals surface area contributed by atoms with E-state index >= 15 is 0 Å². The summed E-state index contributed by atoms with van der Waals surface area (Å²) in [6.07, 6.45) is 1.76. The number of likely N-dealkylation sites (N-methyl/N-ethyl adjacent to an activating group) is 1. The van der Waals surface area contributed by atoms with E-state index in [9.17, 15) is 4.79 Å². The maximum Gasteiger partial charge on any atom is 0.239 e.